The molecule has 0 aromatic rings. The van der Waals surface area contributed by atoms with Crippen molar-refractivity contribution >= 4 is 0 Å². The van der Waals surface area contributed by atoms with Crippen molar-refractivity contribution in [3.05, 3.63) is 6.92 Å². The summed E-state index contributed by atoms with van der Waals surface area (Å²) < 4.78 is 0. The van der Waals surface area contributed by atoms with Crippen LogP contribution in [0.15, 0.2) is 0 Å². The molecule has 1 aliphatic carbocycles. The van der Waals surface area contributed by atoms with Crippen molar-refractivity contribution in [2.75, 3.05) is 0 Å². The van der Waals surface area contributed by atoms with Crippen LogP contribution >= 0.6 is 0 Å². The SMILES string of the molecule is [CH2]CC1CCCCCC(C)C1. The molecule has 0 heteroatoms. The Morgan fingerprint density at radius 3 is 2.64 bits per heavy atom. The van der Waals surface area contributed by atoms with E-state index in [1.807, 2.05) is 0 Å². The molecule has 0 saturated heterocycles. The van der Waals surface area contributed by atoms with Gasteiger partial charge >= 0.3 is 0 Å². The minimum absolute atomic E-state index is 0.935. The van der Waals surface area contributed by atoms with E-state index >= 15 is 0 Å². The molecule has 1 radical (unpaired) electrons. The third-order valence-corrected chi connectivity index (χ3v) is 2.95. The quantitative estimate of drug-likeness (QED) is 0.537. The highest BCUT2D eigenvalue weighted by atomic mass is 14.2. The molecule has 2 unspecified atom stereocenters. The Morgan fingerprint density at radius 1 is 1.18 bits per heavy atom. The van der Waals surface area contributed by atoms with E-state index in [0.29, 0.717) is 0 Å². The van der Waals surface area contributed by atoms with Crippen LogP contribution in [0.3, 0.4) is 0 Å². The predicted molar refractivity (Wildman–Crippen MR) is 50.3 cm³/mol. The average Bonchev–Trinajstić information content (AvgIpc) is 1.96. The van der Waals surface area contributed by atoms with Crippen molar-refractivity contribution < 1.29 is 0 Å². The maximum absolute atomic E-state index is 4.02. The number of hydrogen-bond donors (Lipinski definition) is 0. The van der Waals surface area contributed by atoms with E-state index in [4.69, 9.17) is 0 Å². The summed E-state index contributed by atoms with van der Waals surface area (Å²) in [5.41, 5.74) is 0. The predicted octanol–water partition coefficient (Wildman–Crippen LogP) is 3.82. The number of hydrogen-bond acceptors (Lipinski definition) is 0. The summed E-state index contributed by atoms with van der Waals surface area (Å²) in [6.07, 6.45) is 9.86. The van der Waals surface area contributed by atoms with Crippen LogP contribution in [0.4, 0.5) is 0 Å². The summed E-state index contributed by atoms with van der Waals surface area (Å²) in [4.78, 5) is 0. The maximum atomic E-state index is 4.02. The monoisotopic (exact) mass is 153 g/mol. The van der Waals surface area contributed by atoms with Gasteiger partial charge in [0.2, 0.25) is 0 Å². The minimum atomic E-state index is 0.935. The summed E-state index contributed by atoms with van der Waals surface area (Å²) in [7, 11) is 0. The lowest BCUT2D eigenvalue weighted by Crippen LogP contribution is -2.08. The highest BCUT2D eigenvalue weighted by Crippen LogP contribution is 2.27. The van der Waals surface area contributed by atoms with Gasteiger partial charge in [-0.25, -0.2) is 0 Å². The van der Waals surface area contributed by atoms with Crippen molar-refractivity contribution in [2.45, 2.75) is 51.9 Å². The molecule has 0 heterocycles. The van der Waals surface area contributed by atoms with Crippen LogP contribution in [0.25, 0.3) is 0 Å². The molecule has 11 heavy (non-hydrogen) atoms. The molecule has 1 aliphatic rings. The summed E-state index contributed by atoms with van der Waals surface area (Å²) >= 11 is 0. The second kappa shape index (κ2) is 4.79. The van der Waals surface area contributed by atoms with Gasteiger partial charge in [-0.3, -0.25) is 0 Å². The smallest absolute Gasteiger partial charge is 0.0412 e. The molecule has 1 rings (SSSR count). The Hall–Kier alpha value is 0. The molecule has 1 fully saturated rings. The molecule has 0 aromatic heterocycles. The van der Waals surface area contributed by atoms with Gasteiger partial charge in [-0.1, -0.05) is 52.4 Å². The molecule has 0 nitrogen and oxygen atoms in total. The van der Waals surface area contributed by atoms with E-state index in [9.17, 15) is 0 Å². The third-order valence-electron chi connectivity index (χ3n) is 2.95. The Morgan fingerprint density at radius 2 is 1.91 bits per heavy atom. The van der Waals surface area contributed by atoms with Crippen LogP contribution in [0, 0.1) is 18.8 Å². The van der Waals surface area contributed by atoms with Crippen LogP contribution in [-0.4, -0.2) is 0 Å². The van der Waals surface area contributed by atoms with Crippen LogP contribution in [-0.2, 0) is 0 Å². The van der Waals surface area contributed by atoms with Gasteiger partial charge in [0.25, 0.3) is 0 Å². The van der Waals surface area contributed by atoms with Crippen molar-refractivity contribution in [3.63, 3.8) is 0 Å². The van der Waals surface area contributed by atoms with Crippen molar-refractivity contribution in [1.82, 2.24) is 0 Å². The summed E-state index contributed by atoms with van der Waals surface area (Å²) in [6.45, 7) is 6.41. The van der Waals surface area contributed by atoms with E-state index in [2.05, 4.69) is 13.8 Å². The fourth-order valence-electron chi connectivity index (χ4n) is 2.17. The first-order valence-corrected chi connectivity index (χ1v) is 5.12. The fraction of sp³-hybridized carbons (Fsp3) is 0.909. The van der Waals surface area contributed by atoms with E-state index in [1.54, 1.807) is 0 Å². The summed E-state index contributed by atoms with van der Waals surface area (Å²) in [6, 6.07) is 0. The minimum Gasteiger partial charge on any atom is -0.0625 e. The second-order valence-electron chi connectivity index (χ2n) is 4.13. The molecule has 0 aromatic carbocycles. The third kappa shape index (κ3) is 3.27. The lowest BCUT2D eigenvalue weighted by molar-refractivity contribution is 0.312. The van der Waals surface area contributed by atoms with Gasteiger partial charge in [0, 0.05) is 0 Å². The summed E-state index contributed by atoms with van der Waals surface area (Å²) in [5.74, 6) is 1.90. The van der Waals surface area contributed by atoms with Gasteiger partial charge in [-0.05, 0) is 18.3 Å². The molecule has 0 N–H and O–H groups in total. The van der Waals surface area contributed by atoms with Gasteiger partial charge in [-0.2, -0.15) is 0 Å². The van der Waals surface area contributed by atoms with Gasteiger partial charge < -0.3 is 0 Å². The van der Waals surface area contributed by atoms with E-state index in [1.165, 1.54) is 38.5 Å². The van der Waals surface area contributed by atoms with Crippen LogP contribution in [0.1, 0.15) is 51.9 Å². The summed E-state index contributed by atoms with van der Waals surface area (Å²) in [5, 5.41) is 0. The van der Waals surface area contributed by atoms with Gasteiger partial charge in [0.05, 0.1) is 0 Å². The molecule has 0 spiro atoms. The molecule has 0 bridgehead atoms. The van der Waals surface area contributed by atoms with Crippen molar-refractivity contribution in [1.29, 1.82) is 0 Å². The number of rotatable bonds is 1. The first-order valence-electron chi connectivity index (χ1n) is 5.12. The molecular formula is C11H21. The standard InChI is InChI=1S/C11H21/c1-3-11-8-6-4-5-7-10(2)9-11/h10-11H,1,3-9H2,2H3. The Labute approximate surface area is 71.4 Å². The highest BCUT2D eigenvalue weighted by molar-refractivity contribution is 4.68. The fourth-order valence-corrected chi connectivity index (χ4v) is 2.17. The largest absolute Gasteiger partial charge is 0.0625 e. The van der Waals surface area contributed by atoms with Crippen LogP contribution < -0.4 is 0 Å². The van der Waals surface area contributed by atoms with Gasteiger partial charge in [0.15, 0.2) is 0 Å². The van der Waals surface area contributed by atoms with Crippen LogP contribution in [0.2, 0.25) is 0 Å². The molecule has 0 aliphatic heterocycles. The molecule has 0 amide bonds. The van der Waals surface area contributed by atoms with Gasteiger partial charge in [0.1, 0.15) is 0 Å². The lowest BCUT2D eigenvalue weighted by Gasteiger charge is -2.22. The zero-order valence-electron chi connectivity index (χ0n) is 7.81. The first-order chi connectivity index (χ1) is 5.33. The normalized spacial score (nSPS) is 34.4. The van der Waals surface area contributed by atoms with E-state index < -0.39 is 0 Å². The van der Waals surface area contributed by atoms with E-state index in [-0.39, 0.29) is 0 Å². The average molecular weight is 153 g/mol. The van der Waals surface area contributed by atoms with Crippen molar-refractivity contribution in [3.8, 4) is 0 Å². The highest BCUT2D eigenvalue weighted by Gasteiger charge is 2.13. The van der Waals surface area contributed by atoms with Gasteiger partial charge in [-0.15, -0.1) is 0 Å². The molecule has 1 saturated carbocycles. The first kappa shape index (κ1) is 9.09. The Bertz CT molecular complexity index is 96.2. The van der Waals surface area contributed by atoms with Crippen LogP contribution in [0.5, 0.6) is 0 Å². The zero-order valence-corrected chi connectivity index (χ0v) is 7.81. The Balaban J connectivity index is 2.29. The maximum Gasteiger partial charge on any atom is -0.0412 e. The van der Waals surface area contributed by atoms with E-state index in [0.717, 1.165) is 18.3 Å². The molecule has 2 atom stereocenters. The topological polar surface area (TPSA) is 0 Å². The van der Waals surface area contributed by atoms with Crippen molar-refractivity contribution in [2.24, 2.45) is 11.8 Å². The Kier molecular flexibility index (Phi) is 3.96. The molecular weight excluding hydrogens is 132 g/mol. The molecule has 65 valence electrons. The second-order valence-corrected chi connectivity index (χ2v) is 4.13. The zero-order chi connectivity index (χ0) is 8.10. The lowest BCUT2D eigenvalue weighted by atomic mass is 9.84.